The number of hydrogen-bond donors (Lipinski definition) is 0. The molecule has 0 rings (SSSR count). The van der Waals surface area contributed by atoms with Crippen molar-refractivity contribution in [2.24, 2.45) is 0 Å². The molecule has 0 aromatic carbocycles. The van der Waals surface area contributed by atoms with Crippen molar-refractivity contribution in [2.45, 2.75) is 444 Å². The molecule has 0 radical (unpaired) electrons. The van der Waals surface area contributed by atoms with Gasteiger partial charge in [-0.1, -0.05) is 400 Å². The van der Waals surface area contributed by atoms with Crippen LogP contribution in [0.3, 0.4) is 0 Å². The first-order chi connectivity index (χ1) is 39.5. The Balaban J connectivity index is 4.02. The van der Waals surface area contributed by atoms with E-state index in [9.17, 15) is 14.4 Å². The Morgan fingerprint density at radius 2 is 0.338 bits per heavy atom. The number of hydrogen-bond acceptors (Lipinski definition) is 6. The van der Waals surface area contributed by atoms with E-state index in [1.165, 1.54) is 340 Å². The van der Waals surface area contributed by atoms with Gasteiger partial charge in [-0.05, 0) is 19.3 Å². The van der Waals surface area contributed by atoms with Gasteiger partial charge in [-0.15, -0.1) is 0 Å². The van der Waals surface area contributed by atoms with Gasteiger partial charge in [-0.25, -0.2) is 0 Å². The molecule has 6 nitrogen and oxygen atoms in total. The van der Waals surface area contributed by atoms with Crippen LogP contribution in [0.25, 0.3) is 0 Å². The van der Waals surface area contributed by atoms with Crippen LogP contribution in [0.15, 0.2) is 0 Å². The Kier molecular flexibility index (Phi) is 68.5. The van der Waals surface area contributed by atoms with Crippen molar-refractivity contribution in [2.75, 3.05) is 13.2 Å². The van der Waals surface area contributed by atoms with Crippen LogP contribution < -0.4 is 0 Å². The van der Waals surface area contributed by atoms with Crippen LogP contribution in [0.4, 0.5) is 0 Å². The lowest BCUT2D eigenvalue weighted by atomic mass is 10.0. The van der Waals surface area contributed by atoms with Gasteiger partial charge in [0.2, 0.25) is 0 Å². The minimum Gasteiger partial charge on any atom is -0.462 e. The third kappa shape index (κ3) is 67.2. The van der Waals surface area contributed by atoms with Crippen molar-refractivity contribution in [1.82, 2.24) is 0 Å². The Labute approximate surface area is 501 Å². The van der Waals surface area contributed by atoms with Gasteiger partial charge in [0, 0.05) is 19.3 Å². The van der Waals surface area contributed by atoms with Gasteiger partial charge in [0.15, 0.2) is 6.10 Å². The molecule has 0 fully saturated rings. The lowest BCUT2D eigenvalue weighted by molar-refractivity contribution is -0.167. The zero-order valence-corrected chi connectivity index (χ0v) is 54.9. The van der Waals surface area contributed by atoms with E-state index in [0.717, 1.165) is 57.8 Å². The molecule has 0 aliphatic carbocycles. The first-order valence-electron chi connectivity index (χ1n) is 37.0. The highest BCUT2D eigenvalue weighted by Crippen LogP contribution is 2.20. The molecule has 0 heterocycles. The molecule has 6 heteroatoms. The molecule has 0 aliphatic heterocycles. The van der Waals surface area contributed by atoms with Gasteiger partial charge in [0.05, 0.1) is 0 Å². The molecular weight excluding hydrogens is 985 g/mol. The lowest BCUT2D eigenvalue weighted by Gasteiger charge is -2.18. The summed E-state index contributed by atoms with van der Waals surface area (Å²) in [5.41, 5.74) is 0. The molecule has 0 bridgehead atoms. The summed E-state index contributed by atoms with van der Waals surface area (Å²) in [7, 11) is 0. The highest BCUT2D eigenvalue weighted by molar-refractivity contribution is 5.71. The Morgan fingerprint density at radius 1 is 0.200 bits per heavy atom. The van der Waals surface area contributed by atoms with Gasteiger partial charge < -0.3 is 14.2 Å². The fourth-order valence-electron chi connectivity index (χ4n) is 11.8. The quantitative estimate of drug-likeness (QED) is 0.0343. The van der Waals surface area contributed by atoms with Crippen molar-refractivity contribution >= 4 is 17.9 Å². The van der Waals surface area contributed by atoms with Crippen LogP contribution in [-0.4, -0.2) is 37.2 Å². The van der Waals surface area contributed by atoms with Crippen molar-refractivity contribution in [3.05, 3.63) is 0 Å². The molecule has 1 atom stereocenters. The summed E-state index contributed by atoms with van der Waals surface area (Å²) in [6.07, 6.45) is 83.2. The second-order valence-corrected chi connectivity index (χ2v) is 25.6. The highest BCUT2D eigenvalue weighted by atomic mass is 16.6. The summed E-state index contributed by atoms with van der Waals surface area (Å²) in [6, 6.07) is 0. The van der Waals surface area contributed by atoms with Crippen molar-refractivity contribution in [1.29, 1.82) is 0 Å². The average Bonchev–Trinajstić information content (AvgIpc) is 3.46. The smallest absolute Gasteiger partial charge is 0.306 e. The summed E-state index contributed by atoms with van der Waals surface area (Å²) in [4.78, 5) is 38.3. The van der Waals surface area contributed by atoms with E-state index in [4.69, 9.17) is 14.2 Å². The van der Waals surface area contributed by atoms with E-state index in [2.05, 4.69) is 20.8 Å². The molecule has 0 amide bonds. The Bertz CT molecular complexity index is 1200. The SMILES string of the molecule is CCCCCCCCCCCCCCCCCCCCCCCCCCCCCCCCC(=O)OCC(COC(=O)CCCCCCCCCCC)OC(=O)CCCCCCCCCCCCCCCCCCCCCCCCC. The lowest BCUT2D eigenvalue weighted by Crippen LogP contribution is -2.30. The maximum Gasteiger partial charge on any atom is 0.306 e. The minimum atomic E-state index is -0.763. The largest absolute Gasteiger partial charge is 0.462 e. The van der Waals surface area contributed by atoms with Crippen LogP contribution in [0.2, 0.25) is 0 Å². The standard InChI is InChI=1S/C74H144O6/c1-4-7-10-13-16-19-21-23-25-27-29-31-33-34-35-36-37-38-39-41-42-44-46-48-50-52-55-58-61-64-67-73(76)79-70-71(69-78-72(75)66-63-60-57-54-18-15-12-9-6-3)80-74(77)68-65-62-59-56-53-51-49-47-45-43-40-32-30-28-26-24-22-20-17-14-11-8-5-2/h71H,4-70H2,1-3H3. The van der Waals surface area contributed by atoms with Crippen LogP contribution in [0.5, 0.6) is 0 Å². The molecule has 0 saturated carbocycles. The molecule has 1 unspecified atom stereocenters. The molecule has 0 aliphatic rings. The van der Waals surface area contributed by atoms with Gasteiger partial charge in [0.25, 0.3) is 0 Å². The molecular formula is C74H144O6. The number of unbranched alkanes of at least 4 members (excludes halogenated alkanes) is 59. The first kappa shape index (κ1) is 78.4. The van der Waals surface area contributed by atoms with Crippen LogP contribution in [0, 0.1) is 0 Å². The Hall–Kier alpha value is -1.59. The van der Waals surface area contributed by atoms with Crippen molar-refractivity contribution in [3.8, 4) is 0 Å². The third-order valence-corrected chi connectivity index (χ3v) is 17.4. The van der Waals surface area contributed by atoms with Crippen LogP contribution in [-0.2, 0) is 28.6 Å². The molecule has 476 valence electrons. The predicted molar refractivity (Wildman–Crippen MR) is 349 cm³/mol. The second-order valence-electron chi connectivity index (χ2n) is 25.6. The first-order valence-corrected chi connectivity index (χ1v) is 37.0. The summed E-state index contributed by atoms with van der Waals surface area (Å²) < 4.78 is 17.0. The van der Waals surface area contributed by atoms with Crippen molar-refractivity contribution in [3.63, 3.8) is 0 Å². The average molecular weight is 1130 g/mol. The predicted octanol–water partition coefficient (Wildman–Crippen LogP) is 25.4. The van der Waals surface area contributed by atoms with E-state index in [1.807, 2.05) is 0 Å². The fourth-order valence-corrected chi connectivity index (χ4v) is 11.8. The normalized spacial score (nSPS) is 11.9. The fraction of sp³-hybridized carbons (Fsp3) is 0.959. The number of carbonyl (C=O) groups excluding carboxylic acids is 3. The van der Waals surface area contributed by atoms with Gasteiger partial charge >= 0.3 is 17.9 Å². The maximum atomic E-state index is 12.9. The summed E-state index contributed by atoms with van der Waals surface area (Å²) >= 11 is 0. The van der Waals surface area contributed by atoms with Crippen LogP contribution >= 0.6 is 0 Å². The molecule has 0 aromatic heterocycles. The second kappa shape index (κ2) is 69.9. The van der Waals surface area contributed by atoms with E-state index >= 15 is 0 Å². The number of rotatable bonds is 70. The number of esters is 3. The van der Waals surface area contributed by atoms with Crippen LogP contribution in [0.1, 0.15) is 438 Å². The zero-order chi connectivity index (χ0) is 57.8. The monoisotopic (exact) mass is 1130 g/mol. The van der Waals surface area contributed by atoms with Gasteiger partial charge in [-0.2, -0.15) is 0 Å². The van der Waals surface area contributed by atoms with E-state index in [-0.39, 0.29) is 31.1 Å². The third-order valence-electron chi connectivity index (χ3n) is 17.4. The molecule has 80 heavy (non-hydrogen) atoms. The topological polar surface area (TPSA) is 78.9 Å². The zero-order valence-electron chi connectivity index (χ0n) is 54.9. The van der Waals surface area contributed by atoms with Crippen molar-refractivity contribution < 1.29 is 28.6 Å². The van der Waals surface area contributed by atoms with E-state index in [0.29, 0.717) is 19.3 Å². The summed E-state index contributed by atoms with van der Waals surface area (Å²) in [6.45, 7) is 6.72. The minimum absolute atomic E-state index is 0.0606. The van der Waals surface area contributed by atoms with E-state index in [1.54, 1.807) is 0 Å². The van der Waals surface area contributed by atoms with E-state index < -0.39 is 6.10 Å². The molecule has 0 aromatic rings. The maximum absolute atomic E-state index is 12.9. The summed E-state index contributed by atoms with van der Waals surface area (Å²) in [5, 5.41) is 0. The number of ether oxygens (including phenoxy) is 3. The molecule has 0 spiro atoms. The summed E-state index contributed by atoms with van der Waals surface area (Å²) in [5.74, 6) is -0.825. The highest BCUT2D eigenvalue weighted by Gasteiger charge is 2.20. The Morgan fingerprint density at radius 3 is 0.500 bits per heavy atom. The number of carbonyl (C=O) groups is 3. The van der Waals surface area contributed by atoms with Gasteiger partial charge in [0.1, 0.15) is 13.2 Å². The van der Waals surface area contributed by atoms with Gasteiger partial charge in [-0.3, -0.25) is 14.4 Å². The molecule has 0 N–H and O–H groups in total. The molecule has 0 saturated heterocycles.